The molecule has 2 unspecified atom stereocenters. The van der Waals surface area contributed by atoms with Crippen molar-refractivity contribution in [3.05, 3.63) is 11.5 Å². The van der Waals surface area contributed by atoms with Crippen LogP contribution in [0.2, 0.25) is 0 Å². The molecule has 0 aliphatic rings. The average molecular weight is 390 g/mol. The van der Waals surface area contributed by atoms with Gasteiger partial charge in [0.1, 0.15) is 0 Å². The third kappa shape index (κ3) is 10.6. The molecule has 0 radical (unpaired) electrons. The predicted octanol–water partition coefficient (Wildman–Crippen LogP) is 0.0906. The Kier molecular flexibility index (Phi) is 10.4. The summed E-state index contributed by atoms with van der Waals surface area (Å²) in [6, 6.07) is 0. The molecule has 0 spiro atoms. The van der Waals surface area contributed by atoms with Gasteiger partial charge in [-0.2, -0.15) is 0 Å². The molecule has 0 heterocycles. The van der Waals surface area contributed by atoms with Crippen LogP contribution in [0.3, 0.4) is 0 Å². The van der Waals surface area contributed by atoms with E-state index in [2.05, 4.69) is 4.74 Å². The zero-order valence-electron chi connectivity index (χ0n) is 15.6. The Morgan fingerprint density at radius 3 is 1.59 bits per heavy atom. The van der Waals surface area contributed by atoms with E-state index in [4.69, 9.17) is 18.9 Å². The molecule has 11 nitrogen and oxygen atoms in total. The van der Waals surface area contributed by atoms with Crippen molar-refractivity contribution in [3.8, 4) is 0 Å². The number of hydrogen-bond acceptors (Lipinski definition) is 11. The molecule has 0 rings (SSSR count). The zero-order valence-corrected chi connectivity index (χ0v) is 15.6. The van der Waals surface area contributed by atoms with Crippen LogP contribution in [0, 0.1) is 0 Å². The van der Waals surface area contributed by atoms with E-state index in [1.807, 2.05) is 0 Å². The first-order valence-electron chi connectivity index (χ1n) is 7.70. The minimum atomic E-state index is -2.13. The van der Waals surface area contributed by atoms with E-state index >= 15 is 0 Å². The first-order valence-corrected chi connectivity index (χ1v) is 7.70. The van der Waals surface area contributed by atoms with Crippen molar-refractivity contribution in [3.63, 3.8) is 0 Å². The van der Waals surface area contributed by atoms with Crippen LogP contribution < -0.4 is 0 Å². The van der Waals surface area contributed by atoms with Gasteiger partial charge in [0, 0.05) is 41.0 Å². The predicted molar refractivity (Wildman–Crippen MR) is 85.1 cm³/mol. The molecule has 2 atom stereocenters. The smallest absolute Gasteiger partial charge is 0.308 e. The highest BCUT2D eigenvalue weighted by Gasteiger charge is 2.32. The van der Waals surface area contributed by atoms with Crippen LogP contribution in [0.5, 0.6) is 0 Å². The molecule has 0 aliphatic heterocycles. The highest BCUT2D eigenvalue weighted by Crippen LogP contribution is 2.23. The topological polar surface area (TPSA) is 152 Å². The first-order chi connectivity index (χ1) is 12.4. The second kappa shape index (κ2) is 11.6. The van der Waals surface area contributed by atoms with Gasteiger partial charge in [-0.25, -0.2) is 0 Å². The van der Waals surface area contributed by atoms with Gasteiger partial charge in [0.15, 0.2) is 11.9 Å². The van der Waals surface area contributed by atoms with Crippen LogP contribution in [0.1, 0.15) is 41.0 Å². The van der Waals surface area contributed by atoms with Crippen LogP contribution in [-0.2, 0) is 47.7 Å². The van der Waals surface area contributed by atoms with Crippen molar-refractivity contribution in [2.45, 2.75) is 53.4 Å². The zero-order chi connectivity index (χ0) is 21.1. The molecular formula is C16H22O11. The molecule has 0 aliphatic carbocycles. The molecular weight excluding hydrogens is 368 g/mol. The van der Waals surface area contributed by atoms with Gasteiger partial charge in [-0.15, -0.1) is 0 Å². The number of carbonyl (C=O) groups is 5. The van der Waals surface area contributed by atoms with Gasteiger partial charge in [0.05, 0.1) is 6.61 Å². The Hall–Kier alpha value is -2.95. The van der Waals surface area contributed by atoms with Crippen molar-refractivity contribution in [2.24, 2.45) is 0 Å². The number of carbonyl (C=O) groups excluding carboxylic acids is 5. The summed E-state index contributed by atoms with van der Waals surface area (Å²) in [7, 11) is 0. The molecule has 0 saturated heterocycles. The van der Waals surface area contributed by atoms with Gasteiger partial charge in [-0.05, 0) is 0 Å². The lowest BCUT2D eigenvalue weighted by Crippen LogP contribution is -2.31. The standard InChI is InChI=1S/C16H22O11/c1-8(17)23-7-6-13(24-9(2)18)14(25-10(3)19)15(26-11(4)20)16(22)27-12(5)21/h13,16,22H,6-7H2,1-5H3. The quantitative estimate of drug-likeness (QED) is 0.247. The second-order valence-corrected chi connectivity index (χ2v) is 5.10. The summed E-state index contributed by atoms with van der Waals surface area (Å²) in [6.07, 6.45) is -3.74. The van der Waals surface area contributed by atoms with Crippen molar-refractivity contribution in [1.82, 2.24) is 0 Å². The SMILES string of the molecule is CC(=O)OCCC(OC(C)=O)C(OC(C)=O)=C(OC(C)=O)C(O)OC(C)=O. The lowest BCUT2D eigenvalue weighted by Gasteiger charge is -2.23. The Morgan fingerprint density at radius 1 is 0.704 bits per heavy atom. The van der Waals surface area contributed by atoms with E-state index in [0.717, 1.165) is 34.6 Å². The third-order valence-electron chi connectivity index (χ3n) is 2.54. The molecule has 0 aromatic carbocycles. The van der Waals surface area contributed by atoms with Gasteiger partial charge >= 0.3 is 29.8 Å². The summed E-state index contributed by atoms with van der Waals surface area (Å²) in [4.78, 5) is 56.2. The minimum absolute atomic E-state index is 0.209. The summed E-state index contributed by atoms with van der Waals surface area (Å²) in [5.41, 5.74) is 0. The summed E-state index contributed by atoms with van der Waals surface area (Å²) < 4.78 is 24.0. The minimum Gasteiger partial charge on any atom is -0.466 e. The molecule has 0 aromatic heterocycles. The van der Waals surface area contributed by atoms with Crippen LogP contribution in [0.25, 0.3) is 0 Å². The first kappa shape index (κ1) is 24.1. The number of hydrogen-bond donors (Lipinski definition) is 1. The largest absolute Gasteiger partial charge is 0.466 e. The Bertz CT molecular complexity index is 620. The van der Waals surface area contributed by atoms with Crippen molar-refractivity contribution >= 4 is 29.8 Å². The van der Waals surface area contributed by atoms with Gasteiger partial charge in [0.2, 0.25) is 5.76 Å². The molecule has 11 heteroatoms. The maximum atomic E-state index is 11.4. The second-order valence-electron chi connectivity index (χ2n) is 5.10. The molecule has 152 valence electrons. The van der Waals surface area contributed by atoms with E-state index < -0.39 is 53.8 Å². The Balaban J connectivity index is 6.09. The van der Waals surface area contributed by atoms with E-state index in [1.165, 1.54) is 0 Å². The number of ether oxygens (including phenoxy) is 5. The highest BCUT2D eigenvalue weighted by atomic mass is 16.7. The lowest BCUT2D eigenvalue weighted by atomic mass is 10.2. The fraction of sp³-hybridized carbons (Fsp3) is 0.562. The van der Waals surface area contributed by atoms with Crippen LogP contribution >= 0.6 is 0 Å². The summed E-state index contributed by atoms with van der Waals surface area (Å²) in [6.45, 7) is 4.90. The Labute approximate surface area is 155 Å². The highest BCUT2D eigenvalue weighted by molar-refractivity contribution is 5.71. The maximum absolute atomic E-state index is 11.4. The molecule has 0 aromatic rings. The normalized spacial score (nSPS) is 13.4. The number of rotatable bonds is 9. The summed E-state index contributed by atoms with van der Waals surface area (Å²) >= 11 is 0. The molecule has 1 N–H and O–H groups in total. The van der Waals surface area contributed by atoms with Crippen LogP contribution in [-0.4, -0.2) is 54.0 Å². The van der Waals surface area contributed by atoms with Gasteiger partial charge in [-0.1, -0.05) is 0 Å². The van der Waals surface area contributed by atoms with E-state index in [0.29, 0.717) is 0 Å². The van der Waals surface area contributed by atoms with Crippen molar-refractivity contribution < 1.29 is 52.8 Å². The lowest BCUT2D eigenvalue weighted by molar-refractivity contribution is -0.171. The molecule has 0 bridgehead atoms. The van der Waals surface area contributed by atoms with Crippen LogP contribution in [0.15, 0.2) is 11.5 Å². The number of aliphatic hydroxyl groups is 1. The van der Waals surface area contributed by atoms with E-state index in [-0.39, 0.29) is 13.0 Å². The average Bonchev–Trinajstić information content (AvgIpc) is 2.47. The molecule has 0 saturated carbocycles. The number of esters is 5. The maximum Gasteiger partial charge on any atom is 0.308 e. The van der Waals surface area contributed by atoms with Gasteiger partial charge < -0.3 is 28.8 Å². The fourth-order valence-corrected chi connectivity index (χ4v) is 1.77. The fourth-order valence-electron chi connectivity index (χ4n) is 1.77. The Morgan fingerprint density at radius 2 is 1.19 bits per heavy atom. The summed E-state index contributed by atoms with van der Waals surface area (Å²) in [5.74, 6) is -5.56. The number of aliphatic hydroxyl groups excluding tert-OH is 1. The monoisotopic (exact) mass is 390 g/mol. The van der Waals surface area contributed by atoms with Crippen LogP contribution in [0.4, 0.5) is 0 Å². The van der Waals surface area contributed by atoms with E-state index in [9.17, 15) is 29.1 Å². The molecule has 27 heavy (non-hydrogen) atoms. The third-order valence-corrected chi connectivity index (χ3v) is 2.54. The van der Waals surface area contributed by atoms with Gasteiger partial charge in [0.25, 0.3) is 6.29 Å². The molecule has 0 amide bonds. The van der Waals surface area contributed by atoms with Gasteiger partial charge in [-0.3, -0.25) is 24.0 Å². The summed E-state index contributed by atoms with van der Waals surface area (Å²) in [5, 5.41) is 10.0. The van der Waals surface area contributed by atoms with Crippen molar-refractivity contribution in [2.75, 3.05) is 6.61 Å². The molecule has 0 fully saturated rings. The van der Waals surface area contributed by atoms with Crippen molar-refractivity contribution in [1.29, 1.82) is 0 Å². The van der Waals surface area contributed by atoms with E-state index in [1.54, 1.807) is 0 Å².